The number of hydrogen-bond donors (Lipinski definition) is 0. The number of pyridine rings is 1. The first-order chi connectivity index (χ1) is 13.0. The van der Waals surface area contributed by atoms with E-state index in [1.54, 1.807) is 31.2 Å². The number of aryl methyl sites for hydroxylation is 1. The predicted molar refractivity (Wildman–Crippen MR) is 102 cm³/mol. The van der Waals surface area contributed by atoms with Crippen molar-refractivity contribution in [1.29, 1.82) is 0 Å². The third-order valence-corrected chi connectivity index (χ3v) is 4.83. The molecule has 2 aromatic carbocycles. The molecule has 0 spiro atoms. The zero-order valence-electron chi connectivity index (χ0n) is 14.1. The lowest BCUT2D eigenvalue weighted by atomic mass is 10.1. The minimum absolute atomic E-state index is 0.163. The summed E-state index contributed by atoms with van der Waals surface area (Å²) in [5, 5.41) is 4.53. The van der Waals surface area contributed by atoms with Gasteiger partial charge in [-0.3, -0.25) is 0 Å². The van der Waals surface area contributed by atoms with Crippen LogP contribution < -0.4 is 0 Å². The van der Waals surface area contributed by atoms with Crippen molar-refractivity contribution in [3.05, 3.63) is 76.1 Å². The third-order valence-electron chi connectivity index (χ3n) is 4.30. The van der Waals surface area contributed by atoms with E-state index in [2.05, 4.69) is 26.0 Å². The van der Waals surface area contributed by atoms with Gasteiger partial charge in [-0.2, -0.15) is 5.10 Å². The van der Waals surface area contributed by atoms with Crippen molar-refractivity contribution in [2.24, 2.45) is 0 Å². The molecular weight excluding hydrogens is 419 g/mol. The average molecular weight is 432 g/mol. The lowest BCUT2D eigenvalue weighted by Crippen LogP contribution is -2.02. The Balaban J connectivity index is 2.05. The summed E-state index contributed by atoms with van der Waals surface area (Å²) in [6.07, 6.45) is -2.71. The van der Waals surface area contributed by atoms with E-state index in [1.807, 2.05) is 12.1 Å². The van der Waals surface area contributed by atoms with Crippen molar-refractivity contribution >= 4 is 27.0 Å². The molecule has 4 rings (SSSR count). The van der Waals surface area contributed by atoms with E-state index >= 15 is 0 Å². The Hall–Kier alpha value is -2.67. The molecule has 0 saturated carbocycles. The lowest BCUT2D eigenvalue weighted by molar-refractivity contribution is 0.153. The third kappa shape index (κ3) is 3.12. The summed E-state index contributed by atoms with van der Waals surface area (Å²) in [5.41, 5.74) is 1.63. The van der Waals surface area contributed by atoms with Gasteiger partial charge < -0.3 is 0 Å². The molecule has 4 aromatic rings. The number of nitrogens with zero attached hydrogens (tertiary/aromatic N) is 3. The van der Waals surface area contributed by atoms with E-state index in [0.717, 1.165) is 4.47 Å². The van der Waals surface area contributed by atoms with Gasteiger partial charge in [0.05, 0.1) is 16.8 Å². The van der Waals surface area contributed by atoms with Crippen LogP contribution in [0, 0.1) is 12.7 Å². The Morgan fingerprint density at radius 3 is 2.41 bits per heavy atom. The number of fused-ring (bicyclic) bond motifs is 1. The summed E-state index contributed by atoms with van der Waals surface area (Å²) in [5.74, 6) is -0.503. The number of hydrogen-bond acceptors (Lipinski definition) is 2. The second-order valence-electron chi connectivity index (χ2n) is 6.05. The van der Waals surface area contributed by atoms with E-state index in [1.165, 1.54) is 22.9 Å². The van der Waals surface area contributed by atoms with E-state index < -0.39 is 12.2 Å². The molecule has 0 unspecified atom stereocenters. The normalized spacial score (nSPS) is 11.5. The van der Waals surface area contributed by atoms with Crippen LogP contribution in [0.3, 0.4) is 0 Å². The van der Waals surface area contributed by atoms with Gasteiger partial charge in [-0.25, -0.2) is 22.8 Å². The zero-order chi connectivity index (χ0) is 19.1. The van der Waals surface area contributed by atoms with Gasteiger partial charge in [-0.05, 0) is 37.3 Å². The van der Waals surface area contributed by atoms with Gasteiger partial charge in [-0.1, -0.05) is 40.2 Å². The Morgan fingerprint density at radius 2 is 1.74 bits per heavy atom. The number of benzene rings is 2. The van der Waals surface area contributed by atoms with Gasteiger partial charge in [0, 0.05) is 15.6 Å². The molecule has 7 heteroatoms. The van der Waals surface area contributed by atoms with Crippen molar-refractivity contribution in [2.75, 3.05) is 0 Å². The molecule has 136 valence electrons. The zero-order valence-corrected chi connectivity index (χ0v) is 15.7. The van der Waals surface area contributed by atoms with E-state index in [0.29, 0.717) is 17.0 Å². The maximum Gasteiger partial charge on any atom is 0.264 e. The lowest BCUT2D eigenvalue weighted by Gasteiger charge is -2.09. The number of rotatable bonds is 3. The molecule has 0 amide bonds. The monoisotopic (exact) mass is 431 g/mol. The van der Waals surface area contributed by atoms with Crippen LogP contribution in [0.4, 0.5) is 13.2 Å². The van der Waals surface area contributed by atoms with Gasteiger partial charge in [-0.15, -0.1) is 0 Å². The highest BCUT2D eigenvalue weighted by Gasteiger charge is 2.22. The van der Waals surface area contributed by atoms with Gasteiger partial charge in [0.25, 0.3) is 6.43 Å². The van der Waals surface area contributed by atoms with Crippen LogP contribution in [0.1, 0.15) is 17.7 Å². The van der Waals surface area contributed by atoms with Crippen LogP contribution in [0.2, 0.25) is 0 Å². The fourth-order valence-corrected chi connectivity index (χ4v) is 3.32. The fourth-order valence-electron chi connectivity index (χ4n) is 3.05. The van der Waals surface area contributed by atoms with Gasteiger partial charge in [0.15, 0.2) is 5.65 Å². The number of alkyl halides is 2. The van der Waals surface area contributed by atoms with E-state index in [4.69, 9.17) is 0 Å². The van der Waals surface area contributed by atoms with Gasteiger partial charge >= 0.3 is 0 Å². The number of para-hydroxylation sites is 1. The molecule has 0 N–H and O–H groups in total. The molecule has 0 radical (unpaired) electrons. The Kier molecular flexibility index (Phi) is 4.47. The van der Waals surface area contributed by atoms with Gasteiger partial charge in [0.2, 0.25) is 0 Å². The minimum atomic E-state index is -2.71. The fraction of sp³-hybridized carbons (Fsp3) is 0.100. The Bertz CT molecular complexity index is 1140. The summed E-state index contributed by atoms with van der Waals surface area (Å²) in [6.45, 7) is 1.62. The largest absolute Gasteiger partial charge is 0.264 e. The molecule has 3 nitrogen and oxygen atoms in total. The van der Waals surface area contributed by atoms with Crippen molar-refractivity contribution in [2.45, 2.75) is 13.3 Å². The molecule has 0 aliphatic rings. The summed E-state index contributed by atoms with van der Waals surface area (Å²) >= 11 is 3.35. The SMILES string of the molecule is Cc1nn(-c2ccccc2F)c2nc(-c3ccc(Br)cc3)cc(C(F)F)c12. The summed E-state index contributed by atoms with van der Waals surface area (Å²) < 4.78 is 44.0. The summed E-state index contributed by atoms with van der Waals surface area (Å²) in [7, 11) is 0. The topological polar surface area (TPSA) is 30.7 Å². The average Bonchev–Trinajstić information content (AvgIpc) is 2.98. The van der Waals surface area contributed by atoms with Crippen molar-refractivity contribution in [1.82, 2.24) is 14.8 Å². The number of aromatic nitrogens is 3. The van der Waals surface area contributed by atoms with Gasteiger partial charge in [0.1, 0.15) is 11.5 Å². The second-order valence-corrected chi connectivity index (χ2v) is 6.97. The molecule has 0 atom stereocenters. The minimum Gasteiger partial charge on any atom is -0.228 e. The standard InChI is InChI=1S/C20H13BrF3N3/c1-11-18-14(19(23)24)10-16(12-6-8-13(21)9-7-12)25-20(18)27(26-11)17-5-3-2-4-15(17)22/h2-10,19H,1H3. The molecule has 0 aliphatic carbocycles. The van der Waals surface area contributed by atoms with E-state index in [9.17, 15) is 13.2 Å². The second kappa shape index (κ2) is 6.81. The predicted octanol–water partition coefficient (Wildman–Crippen LogP) is 6.24. The first kappa shape index (κ1) is 17.7. The number of halogens is 4. The van der Waals surface area contributed by atoms with E-state index in [-0.39, 0.29) is 22.3 Å². The first-order valence-corrected chi connectivity index (χ1v) is 8.94. The molecule has 0 fully saturated rings. The van der Waals surface area contributed by atoms with Crippen LogP contribution in [0.15, 0.2) is 59.1 Å². The molecule has 0 bridgehead atoms. The van der Waals surface area contributed by atoms with Crippen LogP contribution in [0.25, 0.3) is 28.0 Å². The Morgan fingerprint density at radius 1 is 1.04 bits per heavy atom. The molecule has 2 heterocycles. The Labute approximate surface area is 161 Å². The summed E-state index contributed by atoms with van der Waals surface area (Å²) in [4.78, 5) is 4.54. The highest BCUT2D eigenvalue weighted by atomic mass is 79.9. The molecule has 0 saturated heterocycles. The smallest absolute Gasteiger partial charge is 0.228 e. The molecule has 2 aromatic heterocycles. The maximum absolute atomic E-state index is 14.3. The van der Waals surface area contributed by atoms with Crippen molar-refractivity contribution < 1.29 is 13.2 Å². The van der Waals surface area contributed by atoms with Crippen molar-refractivity contribution in [3.8, 4) is 16.9 Å². The highest BCUT2D eigenvalue weighted by molar-refractivity contribution is 9.10. The van der Waals surface area contributed by atoms with Crippen LogP contribution in [-0.2, 0) is 0 Å². The quantitative estimate of drug-likeness (QED) is 0.384. The maximum atomic E-state index is 14.3. The molecule has 27 heavy (non-hydrogen) atoms. The summed E-state index contributed by atoms with van der Waals surface area (Å²) in [6, 6.07) is 14.6. The van der Waals surface area contributed by atoms with Crippen LogP contribution in [-0.4, -0.2) is 14.8 Å². The van der Waals surface area contributed by atoms with Crippen molar-refractivity contribution in [3.63, 3.8) is 0 Å². The highest BCUT2D eigenvalue weighted by Crippen LogP contribution is 2.34. The molecule has 0 aliphatic heterocycles. The molecular formula is C20H13BrF3N3. The van der Waals surface area contributed by atoms with Crippen LogP contribution >= 0.6 is 15.9 Å². The first-order valence-electron chi connectivity index (χ1n) is 8.15. The van der Waals surface area contributed by atoms with Crippen LogP contribution in [0.5, 0.6) is 0 Å².